The largest absolute Gasteiger partial charge is 0.416 e. The number of fused-ring (bicyclic) bond motifs is 1. The second kappa shape index (κ2) is 12.6. The van der Waals surface area contributed by atoms with Gasteiger partial charge in [0.1, 0.15) is 5.70 Å². The van der Waals surface area contributed by atoms with Crippen LogP contribution in [0, 0.1) is 12.3 Å². The number of rotatable bonds is 10. The number of halogens is 3. The zero-order valence-corrected chi connectivity index (χ0v) is 22.1. The molecule has 206 valence electrons. The zero-order valence-electron chi connectivity index (χ0n) is 22.1. The summed E-state index contributed by atoms with van der Waals surface area (Å²) in [6, 6.07) is 22.0. The van der Waals surface area contributed by atoms with Crippen LogP contribution in [0.2, 0.25) is 0 Å². The predicted octanol–water partition coefficient (Wildman–Crippen LogP) is 6.53. The maximum atomic E-state index is 13.2. The van der Waals surface area contributed by atoms with Gasteiger partial charge in [0.2, 0.25) is 0 Å². The monoisotopic (exact) mass is 546 g/mol. The Bertz CT molecular complexity index is 1540. The molecule has 0 radical (unpaired) electrons. The molecule has 0 aliphatic rings. The molecule has 0 unspecified atom stereocenters. The van der Waals surface area contributed by atoms with Crippen LogP contribution in [0.1, 0.15) is 16.7 Å². The lowest BCUT2D eigenvalue weighted by molar-refractivity contribution is -0.137. The summed E-state index contributed by atoms with van der Waals surface area (Å²) in [7, 11) is 1.65. The van der Waals surface area contributed by atoms with E-state index in [2.05, 4.69) is 10.3 Å². The summed E-state index contributed by atoms with van der Waals surface area (Å²) >= 11 is 0. The normalized spacial score (nSPS) is 11.9. The van der Waals surface area contributed by atoms with Gasteiger partial charge in [-0.25, -0.2) is 4.98 Å². The minimum absolute atomic E-state index is 0.263. The molecule has 40 heavy (non-hydrogen) atoms. The molecule has 0 saturated carbocycles. The van der Waals surface area contributed by atoms with E-state index in [1.807, 2.05) is 49.4 Å². The van der Waals surface area contributed by atoms with E-state index >= 15 is 0 Å². The van der Waals surface area contributed by atoms with Crippen molar-refractivity contribution >= 4 is 28.7 Å². The Morgan fingerprint density at radius 1 is 1.05 bits per heavy atom. The van der Waals surface area contributed by atoms with Gasteiger partial charge in [-0.2, -0.15) is 13.2 Å². The van der Waals surface area contributed by atoms with Gasteiger partial charge in [-0.3, -0.25) is 4.79 Å². The fraction of sp³-hybridized carbons (Fsp3) is 0.194. The number of ether oxygens (including phenoxy) is 1. The van der Waals surface area contributed by atoms with Gasteiger partial charge in [0.25, 0.3) is 5.91 Å². The number of likely N-dealkylation sites (N-methyl/N-ethyl adjacent to an activating group) is 1. The maximum Gasteiger partial charge on any atom is 0.416 e. The van der Waals surface area contributed by atoms with Gasteiger partial charge in [-0.15, -0.1) is 0 Å². The molecule has 0 fully saturated rings. The van der Waals surface area contributed by atoms with Gasteiger partial charge in [-0.05, 0) is 60.5 Å². The number of alkyl halides is 3. The Labute approximate surface area is 230 Å². The highest BCUT2D eigenvalue weighted by Crippen LogP contribution is 2.32. The minimum atomic E-state index is -4.41. The van der Waals surface area contributed by atoms with Crippen molar-refractivity contribution in [1.82, 2.24) is 10.3 Å². The van der Waals surface area contributed by atoms with Gasteiger partial charge < -0.3 is 20.4 Å². The van der Waals surface area contributed by atoms with E-state index in [-0.39, 0.29) is 11.6 Å². The number of hydrogen-bond acceptors (Lipinski definition) is 5. The summed E-state index contributed by atoms with van der Waals surface area (Å²) < 4.78 is 44.8. The third kappa shape index (κ3) is 6.92. The number of anilines is 1. The van der Waals surface area contributed by atoms with E-state index in [4.69, 9.17) is 10.1 Å². The van der Waals surface area contributed by atoms with Crippen LogP contribution in [0.3, 0.4) is 0 Å². The summed E-state index contributed by atoms with van der Waals surface area (Å²) in [4.78, 5) is 19.3. The van der Waals surface area contributed by atoms with Gasteiger partial charge in [0.05, 0.1) is 30.0 Å². The first-order valence-electron chi connectivity index (χ1n) is 12.6. The summed E-state index contributed by atoms with van der Waals surface area (Å²) in [6.45, 7) is 3.10. The Morgan fingerprint density at radius 3 is 2.52 bits per heavy atom. The Kier molecular flexibility index (Phi) is 8.96. The highest BCUT2D eigenvalue weighted by atomic mass is 19.4. The van der Waals surface area contributed by atoms with E-state index in [0.29, 0.717) is 42.0 Å². The van der Waals surface area contributed by atoms with Crippen molar-refractivity contribution in [3.8, 4) is 11.3 Å². The van der Waals surface area contributed by atoms with E-state index in [1.165, 1.54) is 17.0 Å². The molecule has 0 saturated heterocycles. The summed E-state index contributed by atoms with van der Waals surface area (Å²) in [6.07, 6.45) is -1.95. The highest BCUT2D eigenvalue weighted by molar-refractivity contribution is 6.07. The van der Waals surface area contributed by atoms with E-state index in [0.717, 1.165) is 35.0 Å². The second-order valence-corrected chi connectivity index (χ2v) is 9.18. The average molecular weight is 547 g/mol. The molecular weight excluding hydrogens is 517 g/mol. The molecule has 6 nitrogen and oxygen atoms in total. The predicted molar refractivity (Wildman–Crippen MR) is 151 cm³/mol. The zero-order chi connectivity index (χ0) is 28.7. The van der Waals surface area contributed by atoms with Crippen LogP contribution in [-0.2, 0) is 22.3 Å². The first kappa shape index (κ1) is 28.5. The van der Waals surface area contributed by atoms with Gasteiger partial charge in [0, 0.05) is 36.4 Å². The van der Waals surface area contributed by atoms with Crippen molar-refractivity contribution in [2.24, 2.45) is 0 Å². The number of allylic oxidation sites excluding steroid dienone is 1. The SMILES string of the molecule is Cc1cc(-c2ccc3cc(C(F)(F)F)ccc3n2)ccc1N(C)C(=O)/C(=C/C=N)NCCOCc1ccccc1. The maximum absolute atomic E-state index is 13.2. The van der Waals surface area contributed by atoms with Crippen LogP contribution in [0.15, 0.2) is 90.6 Å². The lowest BCUT2D eigenvalue weighted by Gasteiger charge is -2.22. The third-order valence-corrected chi connectivity index (χ3v) is 6.33. The number of hydrogen-bond donors (Lipinski definition) is 2. The highest BCUT2D eigenvalue weighted by Gasteiger charge is 2.30. The van der Waals surface area contributed by atoms with Crippen LogP contribution in [-0.4, -0.2) is 37.3 Å². The molecule has 0 bridgehead atoms. The molecule has 0 spiro atoms. The Hall–Kier alpha value is -4.50. The number of nitrogens with zero attached hydrogens (tertiary/aromatic N) is 2. The van der Waals surface area contributed by atoms with Crippen LogP contribution in [0.25, 0.3) is 22.2 Å². The summed E-state index contributed by atoms with van der Waals surface area (Å²) in [5.74, 6) is -0.313. The van der Waals surface area contributed by atoms with Gasteiger partial charge in [-0.1, -0.05) is 42.5 Å². The van der Waals surface area contributed by atoms with Crippen LogP contribution >= 0.6 is 0 Å². The molecule has 1 heterocycles. The molecule has 3 aromatic carbocycles. The topological polar surface area (TPSA) is 78.3 Å². The fourth-order valence-corrected chi connectivity index (χ4v) is 4.26. The first-order valence-corrected chi connectivity index (χ1v) is 12.6. The lowest BCUT2D eigenvalue weighted by Crippen LogP contribution is -2.35. The number of pyridine rings is 1. The van der Waals surface area contributed by atoms with Crippen molar-refractivity contribution in [2.45, 2.75) is 19.7 Å². The molecular formula is C31H29F3N4O2. The number of aromatic nitrogens is 1. The van der Waals surface area contributed by atoms with Crippen molar-refractivity contribution in [2.75, 3.05) is 25.1 Å². The summed E-state index contributed by atoms with van der Waals surface area (Å²) in [5, 5.41) is 10.9. The molecule has 1 amide bonds. The van der Waals surface area contributed by atoms with Crippen LogP contribution in [0.4, 0.5) is 18.9 Å². The second-order valence-electron chi connectivity index (χ2n) is 9.18. The minimum Gasteiger partial charge on any atom is -0.378 e. The molecule has 1 aromatic heterocycles. The molecule has 0 atom stereocenters. The number of carbonyl (C=O) groups excluding carboxylic acids is 1. The average Bonchev–Trinajstić information content (AvgIpc) is 2.95. The van der Waals surface area contributed by atoms with Gasteiger partial charge >= 0.3 is 6.18 Å². The molecule has 4 aromatic rings. The quantitative estimate of drug-likeness (QED) is 0.135. The molecule has 2 N–H and O–H groups in total. The smallest absolute Gasteiger partial charge is 0.378 e. The molecule has 0 aliphatic heterocycles. The van der Waals surface area contributed by atoms with Crippen LogP contribution in [0.5, 0.6) is 0 Å². The molecule has 0 aliphatic carbocycles. The Balaban J connectivity index is 1.43. The number of aryl methyl sites for hydroxylation is 1. The number of benzene rings is 3. The number of nitrogens with one attached hydrogen (secondary N) is 2. The lowest BCUT2D eigenvalue weighted by atomic mass is 10.0. The number of carbonyl (C=O) groups is 1. The summed E-state index contributed by atoms with van der Waals surface area (Å²) in [5.41, 5.74) is 3.92. The van der Waals surface area contributed by atoms with Crippen molar-refractivity contribution in [1.29, 1.82) is 5.41 Å². The standard InChI is InChI=1S/C31H29F3N4O2/c1-21-18-23(26-11-8-24-19-25(31(32,33)34)10-12-27(24)37-26)9-13-29(21)38(2)30(39)28(14-15-35)36-16-17-40-20-22-6-4-3-5-7-22/h3-15,18-19,35-36H,16-17,20H2,1-2H3/b28-14-,35-15?. The van der Waals surface area contributed by atoms with Crippen molar-refractivity contribution in [3.63, 3.8) is 0 Å². The number of amides is 1. The van der Waals surface area contributed by atoms with E-state index < -0.39 is 11.7 Å². The first-order chi connectivity index (χ1) is 19.2. The van der Waals surface area contributed by atoms with Crippen molar-refractivity contribution in [3.05, 3.63) is 107 Å². The molecule has 4 rings (SSSR count). The fourth-order valence-electron chi connectivity index (χ4n) is 4.26. The van der Waals surface area contributed by atoms with Crippen molar-refractivity contribution < 1.29 is 22.7 Å². The third-order valence-electron chi connectivity index (χ3n) is 6.33. The van der Waals surface area contributed by atoms with Crippen LogP contribution < -0.4 is 10.2 Å². The Morgan fingerprint density at radius 2 is 1.82 bits per heavy atom. The van der Waals surface area contributed by atoms with E-state index in [1.54, 1.807) is 25.2 Å². The molecule has 9 heteroatoms. The van der Waals surface area contributed by atoms with Gasteiger partial charge in [0.15, 0.2) is 0 Å². The van der Waals surface area contributed by atoms with E-state index in [9.17, 15) is 18.0 Å².